The van der Waals surface area contributed by atoms with Crippen LogP contribution in [-0.4, -0.2) is 52.5 Å². The number of hydrogen-bond acceptors (Lipinski definition) is 5. The molecule has 0 aromatic heterocycles. The number of nitrogens with zero attached hydrogens (tertiary/aromatic N) is 2. The number of amides is 1. The molecule has 2 unspecified atom stereocenters. The summed E-state index contributed by atoms with van der Waals surface area (Å²) in [6, 6.07) is 0. The molecule has 2 aliphatic heterocycles. The zero-order valence-electron chi connectivity index (χ0n) is 11.9. The van der Waals surface area contributed by atoms with E-state index in [1.807, 2.05) is 0 Å². The van der Waals surface area contributed by atoms with Crippen LogP contribution in [-0.2, 0) is 9.57 Å². The van der Waals surface area contributed by atoms with Gasteiger partial charge in [-0.3, -0.25) is 0 Å². The Bertz CT molecular complexity index is 472. The third kappa shape index (κ3) is 2.92. The summed E-state index contributed by atoms with van der Waals surface area (Å²) < 4.78 is 43.9. The van der Waals surface area contributed by atoms with Crippen molar-refractivity contribution in [2.45, 2.75) is 44.8 Å². The largest absolute Gasteiger partial charge is 0.458 e. The van der Waals surface area contributed by atoms with Gasteiger partial charge in [-0.1, -0.05) is 5.16 Å². The van der Waals surface area contributed by atoms with E-state index in [9.17, 15) is 23.1 Å². The third-order valence-electron chi connectivity index (χ3n) is 3.28. The van der Waals surface area contributed by atoms with E-state index in [2.05, 4.69) is 9.99 Å². The van der Waals surface area contributed by atoms with Crippen LogP contribution in [0.1, 0.15) is 27.2 Å². The van der Waals surface area contributed by atoms with E-state index in [1.54, 1.807) is 20.8 Å². The van der Waals surface area contributed by atoms with Crippen LogP contribution in [0.2, 0.25) is 0 Å². The van der Waals surface area contributed by atoms with Crippen molar-refractivity contribution in [2.24, 2.45) is 11.1 Å². The van der Waals surface area contributed by atoms with E-state index >= 15 is 0 Å². The summed E-state index contributed by atoms with van der Waals surface area (Å²) in [6.07, 6.45) is -5.62. The number of ether oxygens (including phenoxy) is 1. The molecule has 0 spiro atoms. The summed E-state index contributed by atoms with van der Waals surface area (Å²) in [5, 5.41) is 13.0. The van der Waals surface area contributed by atoms with E-state index in [0.717, 1.165) is 4.90 Å². The number of alkyl halides is 3. The second-order valence-corrected chi connectivity index (χ2v) is 6.10. The second-order valence-electron chi connectivity index (χ2n) is 6.10. The molecule has 2 atom stereocenters. The molecule has 6 nitrogen and oxygen atoms in total. The van der Waals surface area contributed by atoms with Crippen molar-refractivity contribution in [3.63, 3.8) is 0 Å². The molecular formula is C12H17F3N2O4. The monoisotopic (exact) mass is 310 g/mol. The van der Waals surface area contributed by atoms with Gasteiger partial charge in [-0.15, -0.1) is 0 Å². The molecule has 0 radical (unpaired) electrons. The summed E-state index contributed by atoms with van der Waals surface area (Å²) in [5.74, 6) is -4.82. The molecule has 0 bridgehead atoms. The first-order chi connectivity index (χ1) is 9.44. The Morgan fingerprint density at radius 1 is 1.48 bits per heavy atom. The average Bonchev–Trinajstić information content (AvgIpc) is 2.65. The number of oxime groups is 1. The van der Waals surface area contributed by atoms with Gasteiger partial charge in [0.15, 0.2) is 0 Å². The number of fused-ring (bicyclic) bond motifs is 1. The number of likely N-dealkylation sites (tertiary alicyclic amines) is 1. The maximum absolute atomic E-state index is 12.9. The molecule has 2 aliphatic rings. The van der Waals surface area contributed by atoms with E-state index in [4.69, 9.17) is 4.74 Å². The smallest absolute Gasteiger partial charge is 0.444 e. The number of halogens is 3. The summed E-state index contributed by atoms with van der Waals surface area (Å²) in [5.41, 5.74) is -0.646. The minimum atomic E-state index is -5.00. The highest BCUT2D eigenvalue weighted by molar-refractivity contribution is 5.90. The molecule has 21 heavy (non-hydrogen) atoms. The standard InChI is InChI=1S/C12H17F3N2O4/c1-10(2,3)20-9(18)17-5-4-8-7(6-17)11(19,21-16-8)12(13,14)15/h7,19H,4-6H2,1-3H3. The Morgan fingerprint density at radius 3 is 2.62 bits per heavy atom. The summed E-state index contributed by atoms with van der Waals surface area (Å²) in [7, 11) is 0. The van der Waals surface area contributed by atoms with Crippen LogP contribution in [0.5, 0.6) is 0 Å². The topological polar surface area (TPSA) is 71.4 Å². The van der Waals surface area contributed by atoms with Crippen LogP contribution in [0.4, 0.5) is 18.0 Å². The SMILES string of the molecule is CC(C)(C)OC(=O)N1CCC2=NOC(O)(C(F)(F)F)C2C1. The zero-order valence-corrected chi connectivity index (χ0v) is 11.9. The molecule has 1 amide bonds. The van der Waals surface area contributed by atoms with Gasteiger partial charge in [-0.25, -0.2) is 4.79 Å². The molecule has 0 aliphatic carbocycles. The molecule has 1 fully saturated rings. The maximum Gasteiger partial charge on any atom is 0.458 e. The zero-order chi connectivity index (χ0) is 16.1. The lowest BCUT2D eigenvalue weighted by atomic mass is 9.88. The fourth-order valence-electron chi connectivity index (χ4n) is 2.23. The second kappa shape index (κ2) is 4.75. The first-order valence-corrected chi connectivity index (χ1v) is 6.46. The van der Waals surface area contributed by atoms with Crippen molar-refractivity contribution in [2.75, 3.05) is 13.1 Å². The van der Waals surface area contributed by atoms with E-state index < -0.39 is 29.6 Å². The van der Waals surface area contributed by atoms with Crippen molar-refractivity contribution in [3.05, 3.63) is 0 Å². The molecule has 0 aromatic carbocycles. The van der Waals surface area contributed by atoms with Crippen LogP contribution in [0.25, 0.3) is 0 Å². The quantitative estimate of drug-likeness (QED) is 0.741. The summed E-state index contributed by atoms with van der Waals surface area (Å²) in [4.78, 5) is 17.3. The average molecular weight is 310 g/mol. The molecule has 2 heterocycles. The Hall–Kier alpha value is -1.51. The molecule has 2 rings (SSSR count). The number of piperidine rings is 1. The molecule has 1 saturated heterocycles. The molecule has 9 heteroatoms. The molecule has 0 saturated carbocycles. The van der Waals surface area contributed by atoms with Gasteiger partial charge in [0.05, 0.1) is 11.6 Å². The Balaban J connectivity index is 2.13. The molecular weight excluding hydrogens is 293 g/mol. The van der Waals surface area contributed by atoms with Gasteiger partial charge < -0.3 is 19.6 Å². The van der Waals surface area contributed by atoms with Crippen LogP contribution < -0.4 is 0 Å². The van der Waals surface area contributed by atoms with Crippen molar-refractivity contribution in [1.29, 1.82) is 0 Å². The highest BCUT2D eigenvalue weighted by atomic mass is 19.4. The molecule has 1 N–H and O–H groups in total. The van der Waals surface area contributed by atoms with Gasteiger partial charge in [0.2, 0.25) is 0 Å². The van der Waals surface area contributed by atoms with Crippen LogP contribution in [0.15, 0.2) is 5.16 Å². The number of rotatable bonds is 0. The van der Waals surface area contributed by atoms with E-state index in [1.165, 1.54) is 0 Å². The predicted octanol–water partition coefficient (Wildman–Crippen LogP) is 1.88. The highest BCUT2D eigenvalue weighted by Crippen LogP contribution is 2.43. The maximum atomic E-state index is 12.9. The van der Waals surface area contributed by atoms with Gasteiger partial charge in [-0.05, 0) is 20.8 Å². The van der Waals surface area contributed by atoms with Gasteiger partial charge in [-0.2, -0.15) is 13.2 Å². The first-order valence-electron chi connectivity index (χ1n) is 6.46. The minimum Gasteiger partial charge on any atom is -0.444 e. The van der Waals surface area contributed by atoms with Crippen LogP contribution in [0.3, 0.4) is 0 Å². The Morgan fingerprint density at radius 2 is 2.10 bits per heavy atom. The minimum absolute atomic E-state index is 0.0995. The van der Waals surface area contributed by atoms with Gasteiger partial charge in [0, 0.05) is 19.5 Å². The van der Waals surface area contributed by atoms with Gasteiger partial charge in [0.25, 0.3) is 0 Å². The Kier molecular flexibility index (Phi) is 3.59. The van der Waals surface area contributed by atoms with Crippen molar-refractivity contribution in [3.8, 4) is 0 Å². The normalized spacial score (nSPS) is 29.6. The third-order valence-corrected chi connectivity index (χ3v) is 3.28. The van der Waals surface area contributed by atoms with Gasteiger partial charge in [0.1, 0.15) is 5.60 Å². The number of hydrogen-bond donors (Lipinski definition) is 1. The number of aliphatic hydroxyl groups is 1. The number of carbonyl (C=O) groups is 1. The van der Waals surface area contributed by atoms with Crippen LogP contribution in [0, 0.1) is 5.92 Å². The van der Waals surface area contributed by atoms with E-state index in [-0.39, 0.29) is 25.2 Å². The van der Waals surface area contributed by atoms with Gasteiger partial charge >= 0.3 is 18.1 Å². The lowest BCUT2D eigenvalue weighted by molar-refractivity contribution is -0.370. The van der Waals surface area contributed by atoms with Crippen molar-refractivity contribution < 1.29 is 32.6 Å². The summed E-state index contributed by atoms with van der Waals surface area (Å²) >= 11 is 0. The van der Waals surface area contributed by atoms with Crippen molar-refractivity contribution in [1.82, 2.24) is 4.90 Å². The number of carbonyl (C=O) groups excluding carboxylic acids is 1. The predicted molar refractivity (Wildman–Crippen MR) is 65.4 cm³/mol. The summed E-state index contributed by atoms with van der Waals surface area (Å²) in [6.45, 7) is 4.79. The lowest BCUT2D eigenvalue weighted by Crippen LogP contribution is -2.58. The first kappa shape index (κ1) is 15.9. The molecule has 0 aromatic rings. The van der Waals surface area contributed by atoms with E-state index in [0.29, 0.717) is 0 Å². The molecule has 120 valence electrons. The highest BCUT2D eigenvalue weighted by Gasteiger charge is 2.67. The van der Waals surface area contributed by atoms with Crippen LogP contribution >= 0.6 is 0 Å². The Labute approximate surface area is 119 Å². The fraction of sp³-hybridized carbons (Fsp3) is 0.833. The van der Waals surface area contributed by atoms with Crippen molar-refractivity contribution >= 4 is 11.8 Å². The lowest BCUT2D eigenvalue weighted by Gasteiger charge is -2.37. The fourth-order valence-corrected chi connectivity index (χ4v) is 2.23.